The number of aromatic carboxylic acids is 1. The number of nitrogens with zero attached hydrogens (tertiary/aromatic N) is 2. The van der Waals surface area contributed by atoms with Crippen LogP contribution >= 0.6 is 0 Å². The Morgan fingerprint density at radius 2 is 2.17 bits per heavy atom. The first-order chi connectivity index (χ1) is 8.61. The number of likely N-dealkylation sites (tertiary alicyclic amines) is 1. The third-order valence-corrected chi connectivity index (χ3v) is 3.34. The first kappa shape index (κ1) is 12.5. The van der Waals surface area contributed by atoms with Gasteiger partial charge in [-0.2, -0.15) is 0 Å². The van der Waals surface area contributed by atoms with E-state index in [9.17, 15) is 9.59 Å². The molecule has 1 unspecified atom stereocenters. The van der Waals surface area contributed by atoms with Crippen LogP contribution in [0.1, 0.15) is 40.7 Å². The zero-order valence-corrected chi connectivity index (χ0v) is 10.3. The van der Waals surface area contributed by atoms with Crippen LogP contribution in [-0.2, 0) is 0 Å². The van der Waals surface area contributed by atoms with Crippen LogP contribution in [0.4, 0.5) is 0 Å². The average molecular weight is 248 g/mol. The minimum absolute atomic E-state index is 0.0907. The van der Waals surface area contributed by atoms with E-state index in [0.29, 0.717) is 5.92 Å². The van der Waals surface area contributed by atoms with Gasteiger partial charge >= 0.3 is 5.97 Å². The van der Waals surface area contributed by atoms with Gasteiger partial charge in [0, 0.05) is 13.1 Å². The molecule has 1 amide bonds. The number of carboxylic acids is 1. The molecule has 1 aromatic rings. The number of carbonyl (C=O) groups excluding carboxylic acids is 1. The summed E-state index contributed by atoms with van der Waals surface area (Å²) in [5, 5.41) is 8.85. The van der Waals surface area contributed by atoms with Crippen molar-refractivity contribution in [2.75, 3.05) is 13.1 Å². The Balaban J connectivity index is 2.14. The summed E-state index contributed by atoms with van der Waals surface area (Å²) in [6.07, 6.45) is 2.08. The Morgan fingerprint density at radius 3 is 2.78 bits per heavy atom. The van der Waals surface area contributed by atoms with Crippen molar-refractivity contribution in [3.8, 4) is 0 Å². The molecule has 0 aromatic carbocycles. The molecule has 0 aliphatic carbocycles. The molecule has 1 aromatic heterocycles. The van der Waals surface area contributed by atoms with E-state index in [1.54, 1.807) is 17.0 Å². The summed E-state index contributed by atoms with van der Waals surface area (Å²) in [6.45, 7) is 3.59. The SMILES string of the molecule is CCC1CCN(C(=O)c2cccc(C(=O)O)n2)C1. The second kappa shape index (κ2) is 5.16. The smallest absolute Gasteiger partial charge is 0.354 e. The summed E-state index contributed by atoms with van der Waals surface area (Å²) < 4.78 is 0. The van der Waals surface area contributed by atoms with Crippen molar-refractivity contribution in [1.82, 2.24) is 9.88 Å². The van der Waals surface area contributed by atoms with Crippen LogP contribution in [0.25, 0.3) is 0 Å². The summed E-state index contributed by atoms with van der Waals surface area (Å²) in [5.41, 5.74) is 0.124. The molecule has 2 rings (SSSR count). The van der Waals surface area contributed by atoms with Crippen LogP contribution in [0.5, 0.6) is 0 Å². The highest BCUT2D eigenvalue weighted by Gasteiger charge is 2.26. The molecule has 5 nitrogen and oxygen atoms in total. The molecule has 1 N–H and O–H groups in total. The van der Waals surface area contributed by atoms with Crippen molar-refractivity contribution in [2.45, 2.75) is 19.8 Å². The molecule has 0 saturated carbocycles. The molecule has 0 spiro atoms. The standard InChI is InChI=1S/C13H16N2O3/c1-2-9-6-7-15(8-9)12(16)10-4-3-5-11(14-10)13(17)18/h3-5,9H,2,6-8H2,1H3,(H,17,18). The van der Waals surface area contributed by atoms with E-state index < -0.39 is 5.97 Å². The summed E-state index contributed by atoms with van der Waals surface area (Å²) in [4.78, 5) is 28.6. The predicted molar refractivity (Wildman–Crippen MR) is 65.5 cm³/mol. The molecular formula is C13H16N2O3. The molecule has 96 valence electrons. The lowest BCUT2D eigenvalue weighted by Crippen LogP contribution is -2.29. The van der Waals surface area contributed by atoms with E-state index in [0.717, 1.165) is 25.9 Å². The zero-order chi connectivity index (χ0) is 13.1. The largest absolute Gasteiger partial charge is 0.477 e. The number of pyridine rings is 1. The molecule has 1 atom stereocenters. The summed E-state index contributed by atoms with van der Waals surface area (Å²) in [7, 11) is 0. The lowest BCUT2D eigenvalue weighted by atomic mass is 10.1. The second-order valence-electron chi connectivity index (χ2n) is 4.53. The highest BCUT2D eigenvalue weighted by atomic mass is 16.4. The number of carboxylic acid groups (broad SMARTS) is 1. The maximum absolute atomic E-state index is 12.2. The summed E-state index contributed by atoms with van der Waals surface area (Å²) in [5.74, 6) is -0.733. The van der Waals surface area contributed by atoms with Crippen molar-refractivity contribution in [3.63, 3.8) is 0 Å². The van der Waals surface area contributed by atoms with Gasteiger partial charge in [-0.05, 0) is 24.5 Å². The molecule has 1 aliphatic heterocycles. The van der Waals surface area contributed by atoms with Crippen LogP contribution in [0.2, 0.25) is 0 Å². The highest BCUT2D eigenvalue weighted by molar-refractivity contribution is 5.94. The first-order valence-corrected chi connectivity index (χ1v) is 6.11. The molecule has 2 heterocycles. The van der Waals surface area contributed by atoms with Gasteiger partial charge in [0.2, 0.25) is 0 Å². The van der Waals surface area contributed by atoms with E-state index in [2.05, 4.69) is 11.9 Å². The fourth-order valence-electron chi connectivity index (χ4n) is 2.19. The van der Waals surface area contributed by atoms with E-state index >= 15 is 0 Å². The Bertz CT molecular complexity index is 473. The number of carbonyl (C=O) groups is 2. The van der Waals surface area contributed by atoms with Gasteiger partial charge in [0.25, 0.3) is 5.91 Å². The van der Waals surface area contributed by atoms with Gasteiger partial charge in [0.1, 0.15) is 11.4 Å². The first-order valence-electron chi connectivity index (χ1n) is 6.11. The minimum Gasteiger partial charge on any atom is -0.477 e. The number of rotatable bonds is 3. The van der Waals surface area contributed by atoms with Crippen LogP contribution in [0.15, 0.2) is 18.2 Å². The van der Waals surface area contributed by atoms with Crippen LogP contribution in [0.3, 0.4) is 0 Å². The van der Waals surface area contributed by atoms with Crippen molar-refractivity contribution in [2.24, 2.45) is 5.92 Å². The molecule has 1 fully saturated rings. The number of amides is 1. The van der Waals surface area contributed by atoms with E-state index in [-0.39, 0.29) is 17.3 Å². The molecule has 1 aliphatic rings. The van der Waals surface area contributed by atoms with Crippen LogP contribution in [-0.4, -0.2) is 40.0 Å². The van der Waals surface area contributed by atoms with E-state index in [4.69, 9.17) is 5.11 Å². The maximum atomic E-state index is 12.2. The molecule has 0 radical (unpaired) electrons. The molecule has 18 heavy (non-hydrogen) atoms. The molecule has 0 bridgehead atoms. The summed E-state index contributed by atoms with van der Waals surface area (Å²) >= 11 is 0. The average Bonchev–Trinajstić information content (AvgIpc) is 2.86. The van der Waals surface area contributed by atoms with Gasteiger partial charge in [-0.15, -0.1) is 0 Å². The lowest BCUT2D eigenvalue weighted by molar-refractivity contribution is 0.0690. The van der Waals surface area contributed by atoms with Crippen LogP contribution < -0.4 is 0 Å². The fourth-order valence-corrected chi connectivity index (χ4v) is 2.19. The van der Waals surface area contributed by atoms with Gasteiger partial charge in [0.15, 0.2) is 0 Å². The molecule has 5 heteroatoms. The quantitative estimate of drug-likeness (QED) is 0.883. The number of hydrogen-bond acceptors (Lipinski definition) is 3. The second-order valence-corrected chi connectivity index (χ2v) is 4.53. The van der Waals surface area contributed by atoms with Crippen molar-refractivity contribution < 1.29 is 14.7 Å². The van der Waals surface area contributed by atoms with E-state index in [1.807, 2.05) is 0 Å². The van der Waals surface area contributed by atoms with Crippen LogP contribution in [0, 0.1) is 5.92 Å². The Morgan fingerprint density at radius 1 is 1.44 bits per heavy atom. The topological polar surface area (TPSA) is 70.5 Å². The van der Waals surface area contributed by atoms with Crippen molar-refractivity contribution in [3.05, 3.63) is 29.6 Å². The predicted octanol–water partition coefficient (Wildman–Crippen LogP) is 1.65. The van der Waals surface area contributed by atoms with Gasteiger partial charge in [-0.1, -0.05) is 19.4 Å². The van der Waals surface area contributed by atoms with Crippen molar-refractivity contribution >= 4 is 11.9 Å². The summed E-state index contributed by atoms with van der Waals surface area (Å²) in [6, 6.07) is 4.50. The van der Waals surface area contributed by atoms with Gasteiger partial charge in [-0.3, -0.25) is 4.79 Å². The normalized spacial score (nSPS) is 18.9. The van der Waals surface area contributed by atoms with Gasteiger partial charge < -0.3 is 10.0 Å². The zero-order valence-electron chi connectivity index (χ0n) is 10.3. The Labute approximate surface area is 105 Å². The van der Waals surface area contributed by atoms with Crippen molar-refractivity contribution in [1.29, 1.82) is 0 Å². The highest BCUT2D eigenvalue weighted by Crippen LogP contribution is 2.20. The monoisotopic (exact) mass is 248 g/mol. The third-order valence-electron chi connectivity index (χ3n) is 3.34. The Hall–Kier alpha value is -1.91. The third kappa shape index (κ3) is 2.50. The van der Waals surface area contributed by atoms with Gasteiger partial charge in [0.05, 0.1) is 0 Å². The number of hydrogen-bond donors (Lipinski definition) is 1. The minimum atomic E-state index is -1.11. The number of aromatic nitrogens is 1. The van der Waals surface area contributed by atoms with E-state index in [1.165, 1.54) is 6.07 Å². The molecule has 1 saturated heterocycles. The Kier molecular flexibility index (Phi) is 3.60. The molecular weight excluding hydrogens is 232 g/mol. The van der Waals surface area contributed by atoms with Gasteiger partial charge in [-0.25, -0.2) is 9.78 Å². The lowest BCUT2D eigenvalue weighted by Gasteiger charge is -2.15. The fraction of sp³-hybridized carbons (Fsp3) is 0.462. The maximum Gasteiger partial charge on any atom is 0.354 e.